The van der Waals surface area contributed by atoms with E-state index < -0.39 is 0 Å². The standard InChI is InChI=1S/C26H38N2O3/c1-4-6-8-13-25(29)28-16-14-21(15-17-28)31-19-24-20(3)26(30-18-7-5-2)22-11-9-10-12-23(22)27-24/h9-12,21H,4-8,13-19H2,1-3H3. The van der Waals surface area contributed by atoms with Crippen molar-refractivity contribution in [3.05, 3.63) is 35.5 Å². The summed E-state index contributed by atoms with van der Waals surface area (Å²) in [5.41, 5.74) is 2.97. The van der Waals surface area contributed by atoms with Gasteiger partial charge in [0.2, 0.25) is 5.91 Å². The van der Waals surface area contributed by atoms with Crippen LogP contribution in [-0.2, 0) is 16.1 Å². The normalized spacial score (nSPS) is 14.9. The molecule has 0 N–H and O–H groups in total. The van der Waals surface area contributed by atoms with Crippen LogP contribution in [0.2, 0.25) is 0 Å². The number of hydrogen-bond donors (Lipinski definition) is 0. The van der Waals surface area contributed by atoms with Gasteiger partial charge in [-0.15, -0.1) is 0 Å². The summed E-state index contributed by atoms with van der Waals surface area (Å²) in [6, 6.07) is 8.16. The van der Waals surface area contributed by atoms with Crippen LogP contribution in [0.3, 0.4) is 0 Å². The number of fused-ring (bicyclic) bond motifs is 1. The average molecular weight is 427 g/mol. The SMILES string of the molecule is CCCCCC(=O)N1CCC(OCc2nc3ccccc3c(OCCCC)c2C)CC1. The Morgan fingerprint density at radius 1 is 1.10 bits per heavy atom. The molecule has 0 unspecified atom stereocenters. The molecule has 2 aromatic rings. The zero-order valence-corrected chi connectivity index (χ0v) is 19.5. The predicted molar refractivity (Wildman–Crippen MR) is 125 cm³/mol. The fourth-order valence-electron chi connectivity index (χ4n) is 4.12. The highest BCUT2D eigenvalue weighted by Crippen LogP contribution is 2.31. The number of likely N-dealkylation sites (tertiary alicyclic amines) is 1. The maximum atomic E-state index is 12.3. The third-order valence-electron chi connectivity index (χ3n) is 6.17. The van der Waals surface area contributed by atoms with Crippen LogP contribution in [0.15, 0.2) is 24.3 Å². The molecule has 1 aromatic heterocycles. The van der Waals surface area contributed by atoms with E-state index in [1.165, 1.54) is 0 Å². The van der Waals surface area contributed by atoms with Crippen LogP contribution in [0, 0.1) is 6.92 Å². The first-order valence-corrected chi connectivity index (χ1v) is 12.0. The average Bonchev–Trinajstić information content (AvgIpc) is 2.80. The van der Waals surface area contributed by atoms with Crippen LogP contribution in [0.25, 0.3) is 10.9 Å². The van der Waals surface area contributed by atoms with E-state index in [1.807, 2.05) is 23.1 Å². The Bertz CT molecular complexity index is 844. The molecule has 2 heterocycles. The Hall–Kier alpha value is -2.14. The Morgan fingerprint density at radius 2 is 1.84 bits per heavy atom. The van der Waals surface area contributed by atoms with Gasteiger partial charge >= 0.3 is 0 Å². The molecule has 31 heavy (non-hydrogen) atoms. The van der Waals surface area contributed by atoms with Crippen molar-refractivity contribution in [2.75, 3.05) is 19.7 Å². The van der Waals surface area contributed by atoms with Gasteiger partial charge in [-0.05, 0) is 44.7 Å². The smallest absolute Gasteiger partial charge is 0.222 e. The van der Waals surface area contributed by atoms with Gasteiger partial charge in [0.15, 0.2) is 0 Å². The maximum absolute atomic E-state index is 12.3. The summed E-state index contributed by atoms with van der Waals surface area (Å²) >= 11 is 0. The number of piperidine rings is 1. The van der Waals surface area contributed by atoms with Crippen molar-refractivity contribution in [1.29, 1.82) is 0 Å². The molecule has 5 nitrogen and oxygen atoms in total. The predicted octanol–water partition coefficient (Wildman–Crippen LogP) is 5.81. The van der Waals surface area contributed by atoms with Crippen molar-refractivity contribution in [2.24, 2.45) is 0 Å². The maximum Gasteiger partial charge on any atom is 0.222 e. The van der Waals surface area contributed by atoms with Gasteiger partial charge in [0.1, 0.15) is 5.75 Å². The number of amides is 1. The lowest BCUT2D eigenvalue weighted by Crippen LogP contribution is -2.40. The first kappa shape index (κ1) is 23.5. The molecule has 0 bridgehead atoms. The molecular formula is C26H38N2O3. The van der Waals surface area contributed by atoms with E-state index in [-0.39, 0.29) is 6.10 Å². The number of benzene rings is 1. The summed E-state index contributed by atoms with van der Waals surface area (Å²) in [5, 5.41) is 1.06. The molecule has 0 saturated carbocycles. The topological polar surface area (TPSA) is 51.7 Å². The Kier molecular flexibility index (Phi) is 9.13. The first-order valence-electron chi connectivity index (χ1n) is 12.0. The molecule has 0 spiro atoms. The number of hydrogen-bond acceptors (Lipinski definition) is 4. The highest BCUT2D eigenvalue weighted by molar-refractivity contribution is 5.86. The lowest BCUT2D eigenvalue weighted by atomic mass is 10.1. The van der Waals surface area contributed by atoms with Gasteiger partial charge in [0, 0.05) is 30.5 Å². The van der Waals surface area contributed by atoms with Crippen LogP contribution >= 0.6 is 0 Å². The largest absolute Gasteiger partial charge is 0.493 e. The van der Waals surface area contributed by atoms with Gasteiger partial charge in [-0.2, -0.15) is 0 Å². The van der Waals surface area contributed by atoms with Crippen molar-refractivity contribution in [2.45, 2.75) is 84.8 Å². The number of ether oxygens (including phenoxy) is 2. The van der Waals surface area contributed by atoms with Crippen LogP contribution in [0.4, 0.5) is 0 Å². The van der Waals surface area contributed by atoms with E-state index in [1.54, 1.807) is 0 Å². The molecule has 1 aromatic carbocycles. The van der Waals surface area contributed by atoms with E-state index in [0.29, 0.717) is 18.9 Å². The Morgan fingerprint density at radius 3 is 2.58 bits per heavy atom. The second-order valence-electron chi connectivity index (χ2n) is 8.58. The fraction of sp³-hybridized carbons (Fsp3) is 0.615. The second-order valence-corrected chi connectivity index (χ2v) is 8.58. The molecule has 0 radical (unpaired) electrons. The molecule has 1 saturated heterocycles. The van der Waals surface area contributed by atoms with Gasteiger partial charge < -0.3 is 14.4 Å². The first-order chi connectivity index (χ1) is 15.1. The molecule has 0 aliphatic carbocycles. The minimum absolute atomic E-state index is 0.178. The van der Waals surface area contributed by atoms with Crippen molar-refractivity contribution < 1.29 is 14.3 Å². The van der Waals surface area contributed by atoms with E-state index >= 15 is 0 Å². The number of para-hydroxylation sites is 1. The molecule has 1 aliphatic heterocycles. The quantitative estimate of drug-likeness (QED) is 0.426. The number of nitrogens with zero attached hydrogens (tertiary/aromatic N) is 2. The third kappa shape index (κ3) is 6.42. The number of carbonyl (C=O) groups is 1. The minimum Gasteiger partial charge on any atom is -0.493 e. The number of carbonyl (C=O) groups excluding carboxylic acids is 1. The van der Waals surface area contributed by atoms with Gasteiger partial charge in [-0.1, -0.05) is 45.2 Å². The number of aromatic nitrogens is 1. The van der Waals surface area contributed by atoms with E-state index in [9.17, 15) is 4.79 Å². The van der Waals surface area contributed by atoms with Gasteiger partial charge in [0.05, 0.1) is 30.5 Å². The van der Waals surface area contributed by atoms with Gasteiger partial charge in [-0.25, -0.2) is 4.98 Å². The highest BCUT2D eigenvalue weighted by Gasteiger charge is 2.23. The molecule has 0 atom stereocenters. The zero-order chi connectivity index (χ0) is 22.1. The Labute approximate surface area is 187 Å². The summed E-state index contributed by atoms with van der Waals surface area (Å²) in [4.78, 5) is 19.2. The summed E-state index contributed by atoms with van der Waals surface area (Å²) in [7, 11) is 0. The number of unbranched alkanes of at least 4 members (excludes halogenated alkanes) is 3. The van der Waals surface area contributed by atoms with Crippen LogP contribution in [0.5, 0.6) is 5.75 Å². The van der Waals surface area contributed by atoms with Crippen molar-refractivity contribution in [3.63, 3.8) is 0 Å². The van der Waals surface area contributed by atoms with Gasteiger partial charge in [0.25, 0.3) is 0 Å². The summed E-state index contributed by atoms with van der Waals surface area (Å²) in [6.07, 6.45) is 8.08. The molecular weight excluding hydrogens is 388 g/mol. The molecule has 5 heteroatoms. The highest BCUT2D eigenvalue weighted by atomic mass is 16.5. The van der Waals surface area contributed by atoms with E-state index in [4.69, 9.17) is 14.5 Å². The molecule has 3 rings (SSSR count). The number of pyridine rings is 1. The van der Waals surface area contributed by atoms with Gasteiger partial charge in [-0.3, -0.25) is 4.79 Å². The summed E-state index contributed by atoms with van der Waals surface area (Å²) < 4.78 is 12.4. The monoisotopic (exact) mass is 426 g/mol. The zero-order valence-electron chi connectivity index (χ0n) is 19.5. The fourth-order valence-corrected chi connectivity index (χ4v) is 4.12. The van der Waals surface area contributed by atoms with Crippen molar-refractivity contribution in [1.82, 2.24) is 9.88 Å². The van der Waals surface area contributed by atoms with Crippen molar-refractivity contribution in [3.8, 4) is 5.75 Å². The third-order valence-corrected chi connectivity index (χ3v) is 6.17. The molecule has 1 fully saturated rings. The number of rotatable bonds is 11. The Balaban J connectivity index is 1.59. The lowest BCUT2D eigenvalue weighted by Gasteiger charge is -2.32. The summed E-state index contributed by atoms with van der Waals surface area (Å²) in [5.74, 6) is 1.23. The minimum atomic E-state index is 0.178. The van der Waals surface area contributed by atoms with Crippen LogP contribution < -0.4 is 4.74 Å². The lowest BCUT2D eigenvalue weighted by molar-refractivity contribution is -0.134. The molecule has 1 aliphatic rings. The second kappa shape index (κ2) is 12.0. The van der Waals surface area contributed by atoms with E-state index in [0.717, 1.165) is 92.6 Å². The van der Waals surface area contributed by atoms with Crippen LogP contribution in [0.1, 0.15) is 76.5 Å². The van der Waals surface area contributed by atoms with Crippen LogP contribution in [-0.4, -0.2) is 41.6 Å². The van der Waals surface area contributed by atoms with E-state index in [2.05, 4.69) is 26.8 Å². The van der Waals surface area contributed by atoms with Crippen molar-refractivity contribution >= 4 is 16.8 Å². The summed E-state index contributed by atoms with van der Waals surface area (Å²) in [6.45, 7) is 9.21. The molecule has 1 amide bonds. The molecule has 170 valence electrons.